The van der Waals surface area contributed by atoms with E-state index in [2.05, 4.69) is 49.3 Å². The third kappa shape index (κ3) is 8.15. The Bertz CT molecular complexity index is 432. The first kappa shape index (κ1) is 25.2. The summed E-state index contributed by atoms with van der Waals surface area (Å²) in [4.78, 5) is 0. The Labute approximate surface area is 186 Å². The molecule has 0 aromatic carbocycles. The van der Waals surface area contributed by atoms with Crippen LogP contribution in [0, 0.1) is 24.7 Å². The van der Waals surface area contributed by atoms with Crippen molar-refractivity contribution in [3.63, 3.8) is 0 Å². The molecule has 0 aromatic rings. The van der Waals surface area contributed by atoms with E-state index in [9.17, 15) is 0 Å². The second-order valence-corrected chi connectivity index (χ2v) is 7.00. The fourth-order valence-electron chi connectivity index (χ4n) is 3.94. The molecule has 4 aliphatic carbocycles. The average Bonchev–Trinajstić information content (AvgIpc) is 3.08. The SMILES string of the molecule is C1=CC2CCCCC[CH-]C2=C1.C1=CC2CCCCC[CH-]C2=C1.[Cl-].[Cl-].[Zr+4]. The van der Waals surface area contributed by atoms with E-state index in [0.29, 0.717) is 0 Å². The molecule has 0 saturated heterocycles. The molecule has 0 aromatic heterocycles. The van der Waals surface area contributed by atoms with Gasteiger partial charge >= 0.3 is 26.2 Å². The molecule has 0 aliphatic heterocycles. The number of fused-ring (bicyclic) bond motifs is 2. The van der Waals surface area contributed by atoms with Gasteiger partial charge in [-0.25, -0.2) is 36.1 Å². The third-order valence-electron chi connectivity index (χ3n) is 5.32. The molecular formula is C22H30Cl2Zr. The summed E-state index contributed by atoms with van der Waals surface area (Å²) in [5.74, 6) is 1.55. The van der Waals surface area contributed by atoms with Crippen LogP contribution >= 0.6 is 0 Å². The maximum Gasteiger partial charge on any atom is 4.00 e. The van der Waals surface area contributed by atoms with Crippen molar-refractivity contribution < 1.29 is 51.0 Å². The molecule has 0 radical (unpaired) electrons. The first-order valence-corrected chi connectivity index (χ1v) is 9.37. The van der Waals surface area contributed by atoms with Crippen molar-refractivity contribution in [3.8, 4) is 0 Å². The second-order valence-electron chi connectivity index (χ2n) is 7.00. The Morgan fingerprint density at radius 1 is 0.640 bits per heavy atom. The minimum absolute atomic E-state index is 0. The van der Waals surface area contributed by atoms with Gasteiger partial charge in [-0.2, -0.15) is 0 Å². The van der Waals surface area contributed by atoms with Crippen molar-refractivity contribution in [2.75, 3.05) is 0 Å². The molecule has 4 aliphatic rings. The van der Waals surface area contributed by atoms with Crippen molar-refractivity contribution in [1.82, 2.24) is 0 Å². The van der Waals surface area contributed by atoms with Gasteiger partial charge in [-0.05, 0) is 24.7 Å². The van der Waals surface area contributed by atoms with Crippen molar-refractivity contribution in [1.29, 1.82) is 0 Å². The summed E-state index contributed by atoms with van der Waals surface area (Å²) in [6, 6.07) is 0. The van der Waals surface area contributed by atoms with E-state index < -0.39 is 0 Å². The Hall–Kier alpha value is 0.163. The first-order valence-electron chi connectivity index (χ1n) is 9.37. The minimum atomic E-state index is 0. The molecule has 4 rings (SSSR count). The van der Waals surface area contributed by atoms with Crippen LogP contribution in [0.4, 0.5) is 0 Å². The van der Waals surface area contributed by atoms with Crippen molar-refractivity contribution in [2.45, 2.75) is 64.2 Å². The quantitative estimate of drug-likeness (QED) is 0.467. The Morgan fingerprint density at radius 3 is 1.52 bits per heavy atom. The van der Waals surface area contributed by atoms with Gasteiger partial charge in [0.15, 0.2) is 0 Å². The molecule has 0 amide bonds. The van der Waals surface area contributed by atoms with E-state index in [4.69, 9.17) is 0 Å². The van der Waals surface area contributed by atoms with Crippen LogP contribution in [0.25, 0.3) is 0 Å². The van der Waals surface area contributed by atoms with Gasteiger partial charge in [0.1, 0.15) is 0 Å². The van der Waals surface area contributed by atoms with E-state index in [1.54, 1.807) is 11.1 Å². The molecule has 2 saturated carbocycles. The predicted octanol–water partition coefficient (Wildman–Crippen LogP) is 0.540. The maximum atomic E-state index is 2.42. The topological polar surface area (TPSA) is 0 Å². The summed E-state index contributed by atoms with van der Waals surface area (Å²) < 4.78 is 0. The molecule has 25 heavy (non-hydrogen) atoms. The zero-order valence-corrected chi connectivity index (χ0v) is 19.1. The van der Waals surface area contributed by atoms with Crippen LogP contribution in [-0.4, -0.2) is 0 Å². The van der Waals surface area contributed by atoms with Crippen LogP contribution in [0.3, 0.4) is 0 Å². The second kappa shape index (κ2) is 14.2. The van der Waals surface area contributed by atoms with Gasteiger partial charge < -0.3 is 24.8 Å². The molecule has 0 spiro atoms. The fourth-order valence-corrected chi connectivity index (χ4v) is 3.94. The smallest absolute Gasteiger partial charge is 1.00 e. The van der Waals surface area contributed by atoms with Gasteiger partial charge in [0, 0.05) is 0 Å². The monoisotopic (exact) mass is 454 g/mol. The van der Waals surface area contributed by atoms with Crippen LogP contribution in [0.5, 0.6) is 0 Å². The molecule has 0 nitrogen and oxygen atoms in total. The van der Waals surface area contributed by atoms with E-state index in [1.165, 1.54) is 64.2 Å². The maximum absolute atomic E-state index is 2.42. The Kier molecular flexibility index (Phi) is 14.3. The molecule has 0 N–H and O–H groups in total. The Balaban J connectivity index is 0.000000411. The third-order valence-corrected chi connectivity index (χ3v) is 5.32. The zero-order valence-electron chi connectivity index (χ0n) is 15.1. The molecule has 2 fully saturated rings. The summed E-state index contributed by atoms with van der Waals surface area (Å²) in [5, 5.41) is 0. The average molecular weight is 457 g/mol. The van der Waals surface area contributed by atoms with Crippen LogP contribution < -0.4 is 24.8 Å². The van der Waals surface area contributed by atoms with Gasteiger partial charge in [0.2, 0.25) is 0 Å². The van der Waals surface area contributed by atoms with Gasteiger partial charge in [-0.1, -0.05) is 50.7 Å². The number of hydrogen-bond acceptors (Lipinski definition) is 0. The first-order chi connectivity index (χ1) is 10.9. The summed E-state index contributed by atoms with van der Waals surface area (Å²) in [6.07, 6.45) is 32.3. The predicted molar refractivity (Wildman–Crippen MR) is 96.2 cm³/mol. The van der Waals surface area contributed by atoms with Crippen LogP contribution in [0.15, 0.2) is 47.6 Å². The van der Waals surface area contributed by atoms with Crippen molar-refractivity contribution in [3.05, 3.63) is 60.4 Å². The summed E-state index contributed by atoms with van der Waals surface area (Å²) in [7, 11) is 0. The standard InChI is InChI=1S/2C11H15.2ClH.Zr/c2*1-2-4-7-11-9-5-8-10(11)6-3-1;;;/h2*5-6,8-9,11H,1-4,7H2;2*1H;/q2*-1;;;+4/p-2. The van der Waals surface area contributed by atoms with E-state index >= 15 is 0 Å². The van der Waals surface area contributed by atoms with Crippen LogP contribution in [-0.2, 0) is 26.2 Å². The fraction of sp³-hybridized carbons (Fsp3) is 0.545. The zero-order chi connectivity index (χ0) is 15.0. The minimum Gasteiger partial charge on any atom is -1.00 e. The van der Waals surface area contributed by atoms with Gasteiger partial charge in [-0.15, -0.1) is 25.0 Å². The number of hydrogen-bond donors (Lipinski definition) is 0. The van der Waals surface area contributed by atoms with Crippen molar-refractivity contribution >= 4 is 0 Å². The Morgan fingerprint density at radius 2 is 1.08 bits per heavy atom. The number of allylic oxidation sites excluding steroid dienone is 8. The largest absolute Gasteiger partial charge is 4.00 e. The van der Waals surface area contributed by atoms with Crippen molar-refractivity contribution in [2.24, 2.45) is 11.8 Å². The number of rotatable bonds is 0. The molecule has 2 unspecified atom stereocenters. The molecule has 2 atom stereocenters. The molecular weight excluding hydrogens is 426 g/mol. The van der Waals surface area contributed by atoms with Crippen LogP contribution in [0.2, 0.25) is 0 Å². The summed E-state index contributed by atoms with van der Waals surface area (Å²) in [5.41, 5.74) is 3.15. The molecule has 3 heteroatoms. The summed E-state index contributed by atoms with van der Waals surface area (Å²) >= 11 is 0. The molecule has 0 bridgehead atoms. The molecule has 136 valence electrons. The molecule has 0 heterocycles. The van der Waals surface area contributed by atoms with E-state index in [0.717, 1.165) is 11.8 Å². The summed E-state index contributed by atoms with van der Waals surface area (Å²) in [6.45, 7) is 0. The van der Waals surface area contributed by atoms with E-state index in [-0.39, 0.29) is 51.0 Å². The van der Waals surface area contributed by atoms with Gasteiger partial charge in [0.05, 0.1) is 0 Å². The van der Waals surface area contributed by atoms with Gasteiger partial charge in [-0.3, -0.25) is 0 Å². The van der Waals surface area contributed by atoms with E-state index in [1.807, 2.05) is 0 Å². The normalized spacial score (nSPS) is 26.2. The van der Waals surface area contributed by atoms with Crippen LogP contribution in [0.1, 0.15) is 64.2 Å². The number of halogens is 2. The van der Waals surface area contributed by atoms with Gasteiger partial charge in [0.25, 0.3) is 0 Å².